The van der Waals surface area contributed by atoms with Crippen LogP contribution in [0.15, 0.2) is 22.7 Å². The zero-order chi connectivity index (χ0) is 14.8. The Morgan fingerprint density at radius 1 is 1.19 bits per heavy atom. The molecule has 3 rings (SSSR count). The number of nitrogens with zero attached hydrogens (tertiary/aromatic N) is 2. The Bertz CT molecular complexity index is 531. The third-order valence-corrected chi connectivity index (χ3v) is 5.15. The molecule has 0 aliphatic carbocycles. The highest BCUT2D eigenvalue weighted by Crippen LogP contribution is 2.24. The summed E-state index contributed by atoms with van der Waals surface area (Å²) in [5.41, 5.74) is 0.170. The Morgan fingerprint density at radius 2 is 1.95 bits per heavy atom. The van der Waals surface area contributed by atoms with Gasteiger partial charge in [-0.2, -0.15) is 0 Å². The first-order valence-electron chi connectivity index (χ1n) is 7.64. The van der Waals surface area contributed by atoms with Crippen molar-refractivity contribution in [1.82, 2.24) is 9.80 Å². The predicted molar refractivity (Wildman–Crippen MR) is 83.8 cm³/mol. The van der Waals surface area contributed by atoms with E-state index in [1.54, 1.807) is 23.1 Å². The number of piperidine rings is 1. The minimum Gasteiger partial charge on any atom is -0.337 e. The number of likely N-dealkylation sites (tertiary alicyclic amines) is 2. The second-order valence-corrected chi connectivity index (χ2v) is 6.75. The molecule has 0 N–H and O–H groups in total. The average Bonchev–Trinajstić information content (AvgIpc) is 3.00. The fourth-order valence-electron chi connectivity index (χ4n) is 3.35. The Hall–Kier alpha value is -0.940. The van der Waals surface area contributed by atoms with E-state index in [0.717, 1.165) is 32.6 Å². The van der Waals surface area contributed by atoms with Crippen molar-refractivity contribution >= 4 is 21.8 Å². The summed E-state index contributed by atoms with van der Waals surface area (Å²) >= 11 is 3.14. The van der Waals surface area contributed by atoms with Crippen LogP contribution in [0.4, 0.5) is 4.39 Å². The van der Waals surface area contributed by atoms with Gasteiger partial charge in [-0.15, -0.1) is 0 Å². The highest BCUT2D eigenvalue weighted by atomic mass is 79.9. The zero-order valence-corrected chi connectivity index (χ0v) is 13.6. The zero-order valence-electron chi connectivity index (χ0n) is 12.0. The van der Waals surface area contributed by atoms with E-state index in [0.29, 0.717) is 10.5 Å². The molecule has 0 radical (unpaired) electrons. The van der Waals surface area contributed by atoms with E-state index >= 15 is 0 Å². The largest absolute Gasteiger partial charge is 0.337 e. The smallest absolute Gasteiger partial charge is 0.256 e. The van der Waals surface area contributed by atoms with E-state index in [1.165, 1.54) is 19.3 Å². The molecule has 2 saturated heterocycles. The molecule has 0 bridgehead atoms. The van der Waals surface area contributed by atoms with Crippen LogP contribution in [0.3, 0.4) is 0 Å². The van der Waals surface area contributed by atoms with Crippen LogP contribution in [0, 0.1) is 5.82 Å². The molecule has 2 heterocycles. The Kier molecular flexibility index (Phi) is 4.60. The van der Waals surface area contributed by atoms with E-state index in [-0.39, 0.29) is 11.5 Å². The number of rotatable bonds is 2. The molecule has 0 saturated carbocycles. The maximum Gasteiger partial charge on any atom is 0.256 e. The van der Waals surface area contributed by atoms with Gasteiger partial charge in [-0.25, -0.2) is 4.39 Å². The lowest BCUT2D eigenvalue weighted by molar-refractivity contribution is 0.0767. The van der Waals surface area contributed by atoms with Crippen LogP contribution in [0.5, 0.6) is 0 Å². The van der Waals surface area contributed by atoms with Gasteiger partial charge in [-0.05, 0) is 60.4 Å². The molecule has 1 atom stereocenters. The lowest BCUT2D eigenvalue weighted by Gasteiger charge is -2.32. The number of amides is 1. The molecule has 1 unspecified atom stereocenters. The highest BCUT2D eigenvalue weighted by Gasteiger charge is 2.32. The van der Waals surface area contributed by atoms with Gasteiger partial charge in [-0.1, -0.05) is 12.5 Å². The minimum absolute atomic E-state index is 0.170. The summed E-state index contributed by atoms with van der Waals surface area (Å²) < 4.78 is 14.4. The molecule has 21 heavy (non-hydrogen) atoms. The van der Waals surface area contributed by atoms with Crippen LogP contribution in [-0.4, -0.2) is 47.9 Å². The maximum atomic E-state index is 14.1. The lowest BCUT2D eigenvalue weighted by atomic mass is 10.1. The molecule has 114 valence electrons. The minimum atomic E-state index is -0.455. The Labute approximate surface area is 133 Å². The molecule has 3 nitrogen and oxygen atoms in total. The number of carbonyl (C=O) groups is 1. The molecule has 1 aromatic rings. The Morgan fingerprint density at radius 3 is 2.71 bits per heavy atom. The first kappa shape index (κ1) is 15.0. The predicted octanol–water partition coefficient (Wildman–Crippen LogP) is 3.29. The third-order valence-electron chi connectivity index (χ3n) is 4.54. The van der Waals surface area contributed by atoms with Crippen LogP contribution >= 0.6 is 15.9 Å². The van der Waals surface area contributed by atoms with Gasteiger partial charge < -0.3 is 4.90 Å². The Balaban J connectivity index is 1.68. The van der Waals surface area contributed by atoms with E-state index in [1.807, 2.05) is 0 Å². The van der Waals surface area contributed by atoms with Gasteiger partial charge in [0.05, 0.1) is 10.0 Å². The van der Waals surface area contributed by atoms with Crippen LogP contribution in [0.1, 0.15) is 36.0 Å². The standard InChI is InChI=1S/C16H20BrFN2O/c17-14-6-4-5-13(15(14)18)16(21)20-10-7-12(11-20)19-8-2-1-3-9-19/h4-6,12H,1-3,7-11H2. The van der Waals surface area contributed by atoms with Crippen molar-refractivity contribution in [3.63, 3.8) is 0 Å². The topological polar surface area (TPSA) is 23.6 Å². The van der Waals surface area contributed by atoms with Gasteiger partial charge in [0.15, 0.2) is 0 Å². The highest BCUT2D eigenvalue weighted by molar-refractivity contribution is 9.10. The molecular formula is C16H20BrFN2O. The van der Waals surface area contributed by atoms with E-state index in [2.05, 4.69) is 20.8 Å². The summed E-state index contributed by atoms with van der Waals surface area (Å²) in [6, 6.07) is 5.34. The molecule has 2 fully saturated rings. The van der Waals surface area contributed by atoms with Gasteiger partial charge in [-0.3, -0.25) is 9.69 Å². The van der Waals surface area contributed by atoms with Gasteiger partial charge in [0.25, 0.3) is 5.91 Å². The fraction of sp³-hybridized carbons (Fsp3) is 0.562. The summed E-state index contributed by atoms with van der Waals surface area (Å²) in [6.45, 7) is 3.73. The summed E-state index contributed by atoms with van der Waals surface area (Å²) in [7, 11) is 0. The molecule has 0 aromatic heterocycles. The molecule has 2 aliphatic rings. The van der Waals surface area contributed by atoms with Crippen molar-refractivity contribution in [2.75, 3.05) is 26.2 Å². The first-order chi connectivity index (χ1) is 10.2. The molecular weight excluding hydrogens is 335 g/mol. The fourth-order valence-corrected chi connectivity index (χ4v) is 3.71. The van der Waals surface area contributed by atoms with Crippen molar-refractivity contribution in [3.8, 4) is 0 Å². The number of hydrogen-bond acceptors (Lipinski definition) is 2. The van der Waals surface area contributed by atoms with Crippen molar-refractivity contribution in [3.05, 3.63) is 34.1 Å². The van der Waals surface area contributed by atoms with Gasteiger partial charge in [0.2, 0.25) is 0 Å². The van der Waals surface area contributed by atoms with Crippen LogP contribution in [0.25, 0.3) is 0 Å². The van der Waals surface area contributed by atoms with Crippen molar-refractivity contribution in [2.45, 2.75) is 31.7 Å². The molecule has 0 spiro atoms. The molecule has 1 amide bonds. The second kappa shape index (κ2) is 6.44. The molecule has 1 aromatic carbocycles. The van der Waals surface area contributed by atoms with E-state index < -0.39 is 5.82 Å². The van der Waals surface area contributed by atoms with Crippen LogP contribution in [0.2, 0.25) is 0 Å². The van der Waals surface area contributed by atoms with Crippen molar-refractivity contribution in [1.29, 1.82) is 0 Å². The first-order valence-corrected chi connectivity index (χ1v) is 8.43. The van der Waals surface area contributed by atoms with Crippen molar-refractivity contribution in [2.24, 2.45) is 0 Å². The summed E-state index contributed by atoms with van der Waals surface area (Å²) in [5.74, 6) is -0.641. The van der Waals surface area contributed by atoms with E-state index in [9.17, 15) is 9.18 Å². The maximum absolute atomic E-state index is 14.1. The second-order valence-electron chi connectivity index (χ2n) is 5.89. The lowest BCUT2D eigenvalue weighted by Crippen LogP contribution is -2.41. The quantitative estimate of drug-likeness (QED) is 0.813. The molecule has 5 heteroatoms. The van der Waals surface area contributed by atoms with E-state index in [4.69, 9.17) is 0 Å². The van der Waals surface area contributed by atoms with Crippen LogP contribution < -0.4 is 0 Å². The van der Waals surface area contributed by atoms with Gasteiger partial charge >= 0.3 is 0 Å². The summed E-state index contributed by atoms with van der Waals surface area (Å²) in [6.07, 6.45) is 4.83. The van der Waals surface area contributed by atoms with Crippen LogP contribution in [-0.2, 0) is 0 Å². The van der Waals surface area contributed by atoms with Gasteiger partial charge in [0, 0.05) is 19.1 Å². The number of benzene rings is 1. The number of halogens is 2. The number of carbonyl (C=O) groups excluding carboxylic acids is 1. The number of hydrogen-bond donors (Lipinski definition) is 0. The summed E-state index contributed by atoms with van der Waals surface area (Å²) in [5, 5.41) is 0. The molecule has 2 aliphatic heterocycles. The average molecular weight is 355 g/mol. The third kappa shape index (κ3) is 3.14. The SMILES string of the molecule is O=C(c1cccc(Br)c1F)N1CCC(N2CCCCC2)C1. The summed E-state index contributed by atoms with van der Waals surface area (Å²) in [4.78, 5) is 16.8. The normalized spacial score (nSPS) is 23.5. The van der Waals surface area contributed by atoms with Gasteiger partial charge in [0.1, 0.15) is 5.82 Å². The van der Waals surface area contributed by atoms with Crippen molar-refractivity contribution < 1.29 is 9.18 Å². The monoisotopic (exact) mass is 354 g/mol.